The van der Waals surface area contributed by atoms with Gasteiger partial charge in [0.2, 0.25) is 17.7 Å². The first-order valence-electron chi connectivity index (χ1n) is 24.9. The van der Waals surface area contributed by atoms with Crippen LogP contribution in [0.15, 0.2) is 71.8 Å². The van der Waals surface area contributed by atoms with Crippen LogP contribution in [0.2, 0.25) is 0 Å². The van der Waals surface area contributed by atoms with Crippen molar-refractivity contribution in [2.24, 2.45) is 7.05 Å². The van der Waals surface area contributed by atoms with Gasteiger partial charge in [0.25, 0.3) is 11.8 Å². The predicted octanol–water partition coefficient (Wildman–Crippen LogP) is 5.62. The van der Waals surface area contributed by atoms with E-state index in [1.165, 1.54) is 24.1 Å². The number of carbonyl (C=O) groups excluding carboxylic acids is 6. The number of alkyl carbamates (subject to hydrolysis) is 1. The van der Waals surface area contributed by atoms with E-state index in [1.807, 2.05) is 22.9 Å². The summed E-state index contributed by atoms with van der Waals surface area (Å²) in [6, 6.07) is 14.2. The van der Waals surface area contributed by atoms with Crippen LogP contribution in [0, 0.1) is 5.82 Å². The molecule has 21 nitrogen and oxygen atoms in total. The third-order valence-electron chi connectivity index (χ3n) is 14.2. The number of anilines is 1. The number of imide groups is 1. The van der Waals surface area contributed by atoms with Gasteiger partial charge in [-0.3, -0.25) is 43.1 Å². The molecule has 6 heterocycles. The van der Waals surface area contributed by atoms with E-state index in [9.17, 15) is 33.6 Å². The number of halogens is 1. The number of aryl methyl sites for hydroxylation is 1. The highest BCUT2D eigenvalue weighted by molar-refractivity contribution is 6.15. The summed E-state index contributed by atoms with van der Waals surface area (Å²) < 4.78 is 37.5. The second kappa shape index (κ2) is 20.9. The van der Waals surface area contributed by atoms with E-state index >= 15 is 4.39 Å². The van der Waals surface area contributed by atoms with Gasteiger partial charge >= 0.3 is 11.8 Å². The van der Waals surface area contributed by atoms with E-state index in [1.54, 1.807) is 52.8 Å². The molecule has 390 valence electrons. The minimum atomic E-state index is -0.755. The number of amides is 6. The first kappa shape index (κ1) is 50.3. The molecular weight excluding hydrogens is 970 g/mol. The Morgan fingerprint density at radius 3 is 2.48 bits per heavy atom. The molecule has 2 aliphatic heterocycles. The highest BCUT2D eigenvalue weighted by Crippen LogP contribution is 2.44. The van der Waals surface area contributed by atoms with Crippen molar-refractivity contribution < 1.29 is 47.4 Å². The molecule has 22 heteroatoms. The predicted molar refractivity (Wildman–Crippen MR) is 273 cm³/mol. The van der Waals surface area contributed by atoms with Crippen LogP contribution in [0.1, 0.15) is 90.7 Å². The Kier molecular flexibility index (Phi) is 14.0. The highest BCUT2D eigenvalue weighted by atomic mass is 19.1. The lowest BCUT2D eigenvalue weighted by atomic mass is 9.96. The van der Waals surface area contributed by atoms with Gasteiger partial charge in [-0.25, -0.2) is 19.0 Å². The standard InChI is InChI=1S/C53H56FN11O10/c1-28(2)65-39-12-6-29(21-31(39)25-57-65)44-45-47-41(62(3)53(72)64(47)35-9-7-34(24-35)59-52(71)73-4)26-56-48(45)61-46(44)30-5-10-37(38(54)23-30)49(68)55-16-18-75-20-19-74-17-15-43(67)58-33-8-11-36-32(22-33)27-63(51(36)70)40-13-14-42(66)60-50(40)69/h5-6,8,10-12,21-23,25-26,28,34-35,40H,7,9,13-20,24,27H2,1-4H3,(H,55,68)(H,56,61)(H,58,67)(H,59,71)(H,60,66,69)/t34-,35-,40?/m1/s1. The van der Waals surface area contributed by atoms with Gasteiger partial charge in [0.15, 0.2) is 0 Å². The Morgan fingerprint density at radius 2 is 1.71 bits per heavy atom. The number of aromatic amines is 1. The molecule has 10 rings (SSSR count). The van der Waals surface area contributed by atoms with Crippen LogP contribution in [0.5, 0.6) is 0 Å². The van der Waals surface area contributed by atoms with E-state index in [4.69, 9.17) is 19.2 Å². The number of pyridine rings is 1. The Labute approximate surface area is 428 Å². The second-order valence-corrected chi connectivity index (χ2v) is 19.3. The molecule has 75 heavy (non-hydrogen) atoms. The van der Waals surface area contributed by atoms with Crippen molar-refractivity contribution in [1.29, 1.82) is 0 Å². The molecule has 3 atom stereocenters. The van der Waals surface area contributed by atoms with E-state index in [-0.39, 0.29) is 106 Å². The molecule has 2 fully saturated rings. The lowest BCUT2D eigenvalue weighted by Gasteiger charge is -2.29. The number of rotatable bonds is 17. The van der Waals surface area contributed by atoms with E-state index in [0.717, 1.165) is 16.5 Å². The smallest absolute Gasteiger partial charge is 0.407 e. The number of aromatic nitrogens is 6. The number of fused-ring (bicyclic) bond motifs is 5. The third kappa shape index (κ3) is 9.85. The van der Waals surface area contributed by atoms with Crippen molar-refractivity contribution >= 4 is 74.3 Å². The molecule has 0 spiro atoms. The molecule has 0 bridgehead atoms. The molecule has 3 aromatic carbocycles. The number of nitrogens with zero attached hydrogens (tertiary/aromatic N) is 6. The van der Waals surface area contributed by atoms with Gasteiger partial charge in [-0.1, -0.05) is 12.1 Å². The maximum atomic E-state index is 16.2. The number of ether oxygens (including phenoxy) is 3. The van der Waals surface area contributed by atoms with Crippen LogP contribution >= 0.6 is 0 Å². The number of nitrogens with one attached hydrogen (secondary N) is 5. The van der Waals surface area contributed by atoms with Gasteiger partial charge in [0.05, 0.1) is 85.5 Å². The van der Waals surface area contributed by atoms with Crippen LogP contribution in [-0.4, -0.2) is 122 Å². The molecule has 6 amide bonds. The summed E-state index contributed by atoms with van der Waals surface area (Å²) in [6.45, 7) is 4.96. The summed E-state index contributed by atoms with van der Waals surface area (Å²) >= 11 is 0. The average Bonchev–Trinajstić information content (AvgIpc) is 4.30. The molecule has 1 aliphatic carbocycles. The molecule has 1 saturated carbocycles. The van der Waals surface area contributed by atoms with Gasteiger partial charge in [-0.05, 0) is 93.1 Å². The topological polar surface area (TPSA) is 255 Å². The first-order valence-corrected chi connectivity index (χ1v) is 24.9. The molecule has 3 aliphatic rings. The van der Waals surface area contributed by atoms with Crippen molar-refractivity contribution in [3.05, 3.63) is 100.0 Å². The van der Waals surface area contributed by atoms with Gasteiger partial charge in [0.1, 0.15) is 17.5 Å². The summed E-state index contributed by atoms with van der Waals surface area (Å²) in [6.07, 6.45) is 5.17. The summed E-state index contributed by atoms with van der Waals surface area (Å²) in [5, 5.41) is 16.8. The van der Waals surface area contributed by atoms with Gasteiger partial charge in [-0.2, -0.15) is 5.10 Å². The van der Waals surface area contributed by atoms with Gasteiger partial charge < -0.3 is 40.0 Å². The van der Waals surface area contributed by atoms with Crippen molar-refractivity contribution in [3.8, 4) is 22.4 Å². The van der Waals surface area contributed by atoms with Crippen molar-refractivity contribution in [3.63, 3.8) is 0 Å². The van der Waals surface area contributed by atoms with E-state index < -0.39 is 29.8 Å². The number of methoxy groups -OCH3 is 1. The molecule has 4 aromatic heterocycles. The number of piperidine rings is 1. The van der Waals surface area contributed by atoms with Gasteiger partial charge in [-0.15, -0.1) is 0 Å². The van der Waals surface area contributed by atoms with Crippen molar-refractivity contribution in [1.82, 2.24) is 49.7 Å². The minimum Gasteiger partial charge on any atom is -0.453 e. The number of H-pyrrole nitrogens is 1. The SMILES string of the molecule is COC(=O)N[C@@H]1CC[C@@H](n2c(=O)n(C)c3cnc4[nH]c(-c5ccc(C(=O)NCCOCCOCCC(=O)Nc6ccc7c(c6)CN(C6CCC(=O)NC6=O)C7=O)c(F)c5)c(-c5ccc6c(cnn6C(C)C)c5)c4c32)C1. The molecule has 0 radical (unpaired) electrons. The van der Waals surface area contributed by atoms with Crippen LogP contribution < -0.4 is 27.0 Å². The zero-order chi connectivity index (χ0) is 52.7. The second-order valence-electron chi connectivity index (χ2n) is 19.3. The Bertz CT molecular complexity index is 3500. The normalized spacial score (nSPS) is 17.6. The number of carbonyl (C=O) groups is 6. The zero-order valence-corrected chi connectivity index (χ0v) is 41.8. The highest BCUT2D eigenvalue weighted by Gasteiger charge is 2.39. The third-order valence-corrected chi connectivity index (χ3v) is 14.2. The summed E-state index contributed by atoms with van der Waals surface area (Å²) in [5.41, 5.74) is 6.29. The fraction of sp³-hybridized carbons (Fsp3) is 0.377. The molecule has 5 N–H and O–H groups in total. The number of benzene rings is 3. The lowest BCUT2D eigenvalue weighted by Crippen LogP contribution is -2.52. The fourth-order valence-corrected chi connectivity index (χ4v) is 10.5. The quantitative estimate of drug-likeness (QED) is 0.0550. The van der Waals surface area contributed by atoms with Crippen LogP contribution in [0.25, 0.3) is 55.4 Å². The number of hydrogen-bond acceptors (Lipinski definition) is 12. The maximum absolute atomic E-state index is 16.2. The summed E-state index contributed by atoms with van der Waals surface area (Å²) in [7, 11) is 3.02. The molecular formula is C53H56FN11O10. The van der Waals surface area contributed by atoms with Crippen LogP contribution in [0.3, 0.4) is 0 Å². The summed E-state index contributed by atoms with van der Waals surface area (Å²) in [5.74, 6) is -2.85. The fourth-order valence-electron chi connectivity index (χ4n) is 10.5. The minimum absolute atomic E-state index is 0.0524. The van der Waals surface area contributed by atoms with Crippen molar-refractivity contribution in [2.75, 3.05) is 45.4 Å². The number of imidazole rings is 1. The molecule has 1 saturated heterocycles. The van der Waals surface area contributed by atoms with Gasteiger partial charge in [0, 0.05) is 72.4 Å². The Balaban J connectivity index is 0.768. The number of hydrogen-bond donors (Lipinski definition) is 5. The largest absolute Gasteiger partial charge is 0.453 e. The van der Waals surface area contributed by atoms with Crippen LogP contribution in [-0.2, 0) is 42.2 Å². The monoisotopic (exact) mass is 1030 g/mol. The Morgan fingerprint density at radius 1 is 0.907 bits per heavy atom. The first-order chi connectivity index (χ1) is 36.2. The van der Waals surface area contributed by atoms with Crippen LogP contribution in [0.4, 0.5) is 14.9 Å². The summed E-state index contributed by atoms with van der Waals surface area (Å²) in [4.78, 5) is 98.8. The maximum Gasteiger partial charge on any atom is 0.407 e. The van der Waals surface area contributed by atoms with E-state index in [2.05, 4.69) is 45.2 Å². The molecule has 1 unspecified atom stereocenters. The Hall–Kier alpha value is -8.24. The zero-order valence-electron chi connectivity index (χ0n) is 41.8. The lowest BCUT2D eigenvalue weighted by molar-refractivity contribution is -0.137. The molecule has 7 aromatic rings. The van der Waals surface area contributed by atoms with Crippen molar-refractivity contribution in [2.45, 2.75) is 83.1 Å². The van der Waals surface area contributed by atoms with E-state index in [0.29, 0.717) is 75.0 Å². The average molecular weight is 1030 g/mol.